The molecule has 2 heterocycles. The molecule has 7 nitrogen and oxygen atoms in total. The molecule has 2 aromatic heterocycles. The fraction of sp³-hybridized carbons (Fsp3) is 0.364. The lowest BCUT2D eigenvalue weighted by Crippen LogP contribution is -2.40. The maximum absolute atomic E-state index is 13.7. The Kier molecular flexibility index (Phi) is 7.79. The monoisotopic (exact) mass is 571 g/mol. The van der Waals surface area contributed by atoms with Crippen LogP contribution in [0.3, 0.4) is 0 Å². The Bertz CT molecular complexity index is 1590. The average Bonchev–Trinajstić information content (AvgIpc) is 3.45. The van der Waals surface area contributed by atoms with E-state index in [2.05, 4.69) is 46.3 Å². The fourth-order valence-corrected chi connectivity index (χ4v) is 5.61. The smallest absolute Gasteiger partial charge is 0.407 e. The molecule has 8 heteroatoms. The van der Waals surface area contributed by atoms with Crippen molar-refractivity contribution in [3.05, 3.63) is 82.4 Å². The lowest BCUT2D eigenvalue weighted by atomic mass is 9.95. The molecule has 0 radical (unpaired) electrons. The maximum atomic E-state index is 13.7. The zero-order valence-electron chi connectivity index (χ0n) is 24.5. The number of nitrogens with zero attached hydrogens (tertiary/aromatic N) is 1. The molecule has 0 saturated heterocycles. The van der Waals surface area contributed by atoms with Gasteiger partial charge in [-0.05, 0) is 113 Å². The molecule has 0 unspecified atom stereocenters. The van der Waals surface area contributed by atoms with E-state index in [0.717, 1.165) is 46.1 Å². The van der Waals surface area contributed by atoms with E-state index in [-0.39, 0.29) is 18.6 Å². The van der Waals surface area contributed by atoms with Gasteiger partial charge in [0, 0.05) is 21.5 Å². The first-order chi connectivity index (χ1) is 19.4. The SMILES string of the molecule is Cc1ccc2c(C3(NC(=O)c4cc(OC[C@H](C)NC(=O)OC(C)(C)C)ccc4C)CC3)cc(-c3cccs3)cc2n1. The van der Waals surface area contributed by atoms with Crippen LogP contribution < -0.4 is 15.4 Å². The third kappa shape index (κ3) is 6.70. The molecule has 1 atom stereocenters. The largest absolute Gasteiger partial charge is 0.491 e. The Labute approximate surface area is 245 Å². The molecule has 0 aliphatic heterocycles. The van der Waals surface area contributed by atoms with E-state index in [9.17, 15) is 9.59 Å². The first kappa shape index (κ1) is 28.6. The van der Waals surface area contributed by atoms with Gasteiger partial charge in [0.1, 0.15) is 18.0 Å². The number of pyridine rings is 1. The Morgan fingerprint density at radius 2 is 1.85 bits per heavy atom. The van der Waals surface area contributed by atoms with Gasteiger partial charge in [-0.3, -0.25) is 9.78 Å². The van der Waals surface area contributed by atoms with E-state index in [1.807, 2.05) is 59.7 Å². The summed E-state index contributed by atoms with van der Waals surface area (Å²) in [6, 6.07) is 17.9. The highest BCUT2D eigenvalue weighted by Gasteiger charge is 2.47. The Morgan fingerprint density at radius 1 is 1.07 bits per heavy atom. The summed E-state index contributed by atoms with van der Waals surface area (Å²) in [6.45, 7) is 11.5. The topological polar surface area (TPSA) is 89.6 Å². The van der Waals surface area contributed by atoms with Crippen molar-refractivity contribution >= 4 is 34.2 Å². The third-order valence-corrected chi connectivity index (χ3v) is 8.01. The summed E-state index contributed by atoms with van der Waals surface area (Å²) in [6.07, 6.45) is 1.23. The quantitative estimate of drug-likeness (QED) is 0.232. The van der Waals surface area contributed by atoms with E-state index < -0.39 is 17.2 Å². The molecule has 4 aromatic rings. The van der Waals surface area contributed by atoms with Crippen LogP contribution in [-0.4, -0.2) is 35.2 Å². The highest BCUT2D eigenvalue weighted by molar-refractivity contribution is 7.13. The number of thiophene rings is 1. The number of hydrogen-bond acceptors (Lipinski definition) is 6. The van der Waals surface area contributed by atoms with Gasteiger partial charge >= 0.3 is 6.09 Å². The van der Waals surface area contributed by atoms with Crippen molar-refractivity contribution in [1.82, 2.24) is 15.6 Å². The summed E-state index contributed by atoms with van der Waals surface area (Å²) in [5.41, 5.74) is 4.52. The lowest BCUT2D eigenvalue weighted by molar-refractivity contribution is 0.0494. The van der Waals surface area contributed by atoms with Crippen LogP contribution in [0.15, 0.2) is 60.0 Å². The van der Waals surface area contributed by atoms with Crippen molar-refractivity contribution in [3.63, 3.8) is 0 Å². The Morgan fingerprint density at radius 3 is 2.54 bits per heavy atom. The standard InChI is InChI=1S/C33H37N3O4S/c1-20-9-11-24(39-19-22(3)35-31(38)40-32(4,5)6)18-26(20)30(37)36-33(13-14-33)27-16-23(29-8-7-15-41-29)17-28-25(27)12-10-21(2)34-28/h7-12,15-18,22H,13-14,19H2,1-6H3,(H,35,38)(H,36,37)/t22-/m0/s1. The van der Waals surface area contributed by atoms with Crippen molar-refractivity contribution in [2.24, 2.45) is 0 Å². The number of amides is 2. The van der Waals surface area contributed by atoms with Crippen LogP contribution in [0, 0.1) is 13.8 Å². The van der Waals surface area contributed by atoms with E-state index in [0.29, 0.717) is 11.3 Å². The molecule has 1 fully saturated rings. The molecule has 5 rings (SSSR count). The van der Waals surface area contributed by atoms with Gasteiger partial charge in [0.2, 0.25) is 0 Å². The van der Waals surface area contributed by atoms with Crippen LogP contribution in [0.25, 0.3) is 21.3 Å². The predicted molar refractivity (Wildman–Crippen MR) is 164 cm³/mol. The van der Waals surface area contributed by atoms with Gasteiger partial charge < -0.3 is 20.1 Å². The molecule has 2 amide bonds. The number of fused-ring (bicyclic) bond motifs is 1. The van der Waals surface area contributed by atoms with E-state index >= 15 is 0 Å². The summed E-state index contributed by atoms with van der Waals surface area (Å²) >= 11 is 1.70. The fourth-order valence-electron chi connectivity index (χ4n) is 4.90. The molecule has 1 aliphatic carbocycles. The number of hydrogen-bond donors (Lipinski definition) is 2. The number of ether oxygens (including phenoxy) is 2. The van der Waals surface area contributed by atoms with Gasteiger partial charge in [0.15, 0.2) is 0 Å². The van der Waals surface area contributed by atoms with Crippen molar-refractivity contribution in [2.45, 2.75) is 71.6 Å². The van der Waals surface area contributed by atoms with E-state index in [1.165, 1.54) is 4.88 Å². The second kappa shape index (κ2) is 11.2. The van der Waals surface area contributed by atoms with Gasteiger partial charge in [-0.1, -0.05) is 18.2 Å². The number of rotatable bonds is 8. The summed E-state index contributed by atoms with van der Waals surface area (Å²) in [5.74, 6) is 0.424. The normalized spacial score (nSPS) is 14.8. The van der Waals surface area contributed by atoms with Crippen molar-refractivity contribution in [2.75, 3.05) is 6.61 Å². The zero-order chi connectivity index (χ0) is 29.4. The van der Waals surface area contributed by atoms with Gasteiger partial charge in [-0.25, -0.2) is 4.79 Å². The molecule has 0 spiro atoms. The van der Waals surface area contributed by atoms with Crippen LogP contribution in [0.2, 0.25) is 0 Å². The molecule has 2 aromatic carbocycles. The second-order valence-corrected chi connectivity index (χ2v) is 12.8. The average molecular weight is 572 g/mol. The van der Waals surface area contributed by atoms with Gasteiger partial charge in [-0.2, -0.15) is 0 Å². The van der Waals surface area contributed by atoms with Crippen molar-refractivity contribution in [3.8, 4) is 16.2 Å². The second-order valence-electron chi connectivity index (χ2n) is 11.9. The Balaban J connectivity index is 1.34. The van der Waals surface area contributed by atoms with Gasteiger partial charge in [-0.15, -0.1) is 11.3 Å². The minimum absolute atomic E-state index is 0.139. The first-order valence-electron chi connectivity index (χ1n) is 13.9. The lowest BCUT2D eigenvalue weighted by Gasteiger charge is -2.23. The van der Waals surface area contributed by atoms with Crippen LogP contribution in [0.1, 0.15) is 67.7 Å². The third-order valence-electron chi connectivity index (χ3n) is 7.09. The van der Waals surface area contributed by atoms with Crippen molar-refractivity contribution < 1.29 is 19.1 Å². The molecule has 1 saturated carbocycles. The number of benzene rings is 2. The predicted octanol–water partition coefficient (Wildman–Crippen LogP) is 7.29. The van der Waals surface area contributed by atoms with Crippen LogP contribution in [0.5, 0.6) is 5.75 Å². The zero-order valence-corrected chi connectivity index (χ0v) is 25.3. The molecule has 0 bridgehead atoms. The number of aryl methyl sites for hydroxylation is 2. The minimum atomic E-state index is -0.574. The number of aromatic nitrogens is 1. The number of alkyl carbamates (subject to hydrolysis) is 1. The first-order valence-corrected chi connectivity index (χ1v) is 14.8. The van der Waals surface area contributed by atoms with Gasteiger partial charge in [0.05, 0.1) is 17.1 Å². The summed E-state index contributed by atoms with van der Waals surface area (Å²) in [5, 5.41) is 9.28. The van der Waals surface area contributed by atoms with Crippen LogP contribution >= 0.6 is 11.3 Å². The van der Waals surface area contributed by atoms with Crippen molar-refractivity contribution in [1.29, 1.82) is 0 Å². The molecule has 41 heavy (non-hydrogen) atoms. The van der Waals surface area contributed by atoms with Crippen LogP contribution in [-0.2, 0) is 10.3 Å². The maximum Gasteiger partial charge on any atom is 0.407 e. The summed E-state index contributed by atoms with van der Waals surface area (Å²) < 4.78 is 11.3. The molecule has 214 valence electrons. The number of carbonyl (C=O) groups excluding carboxylic acids is 2. The van der Waals surface area contributed by atoms with Gasteiger partial charge in [0.25, 0.3) is 5.91 Å². The Hall–Kier alpha value is -3.91. The summed E-state index contributed by atoms with van der Waals surface area (Å²) in [7, 11) is 0. The molecule has 2 N–H and O–H groups in total. The van der Waals surface area contributed by atoms with Crippen LogP contribution in [0.4, 0.5) is 4.79 Å². The van der Waals surface area contributed by atoms with E-state index in [4.69, 9.17) is 14.5 Å². The molecule has 1 aliphatic rings. The molecular weight excluding hydrogens is 534 g/mol. The number of nitrogens with one attached hydrogen (secondary N) is 2. The minimum Gasteiger partial charge on any atom is -0.491 e. The highest BCUT2D eigenvalue weighted by Crippen LogP contribution is 2.49. The number of carbonyl (C=O) groups is 2. The van der Waals surface area contributed by atoms with E-state index in [1.54, 1.807) is 17.4 Å². The summed E-state index contributed by atoms with van der Waals surface area (Å²) in [4.78, 5) is 31.8. The molecular formula is C33H37N3O4S. The highest BCUT2D eigenvalue weighted by atomic mass is 32.1.